The monoisotopic (exact) mass is 364 g/mol. The van der Waals surface area contributed by atoms with Crippen LogP contribution in [0.3, 0.4) is 0 Å². The first kappa shape index (κ1) is 18.3. The van der Waals surface area contributed by atoms with Crippen LogP contribution in [-0.4, -0.2) is 10.9 Å². The van der Waals surface area contributed by atoms with Crippen molar-refractivity contribution in [3.8, 4) is 21.8 Å². The Kier molecular flexibility index (Phi) is 5.84. The summed E-state index contributed by atoms with van der Waals surface area (Å²) >= 11 is 1.66. The molecule has 1 heterocycles. The van der Waals surface area contributed by atoms with Gasteiger partial charge in [-0.05, 0) is 37.5 Å². The van der Waals surface area contributed by atoms with Crippen molar-refractivity contribution < 1.29 is 4.79 Å². The highest BCUT2D eigenvalue weighted by Crippen LogP contribution is 2.31. The van der Waals surface area contributed by atoms with E-state index in [-0.39, 0.29) is 11.8 Å². The Morgan fingerprint density at radius 1 is 1.08 bits per heavy atom. The van der Waals surface area contributed by atoms with Gasteiger partial charge in [-0.3, -0.25) is 4.79 Å². The molecule has 3 rings (SSSR count). The molecule has 0 saturated carbocycles. The number of thiazole rings is 1. The van der Waals surface area contributed by atoms with Crippen LogP contribution in [0.25, 0.3) is 21.8 Å². The molecule has 0 spiro atoms. The van der Waals surface area contributed by atoms with Crippen molar-refractivity contribution in [1.82, 2.24) is 4.98 Å². The minimum absolute atomic E-state index is 0.0740. The largest absolute Gasteiger partial charge is 0.326 e. The van der Waals surface area contributed by atoms with Crippen LogP contribution in [0.15, 0.2) is 53.9 Å². The van der Waals surface area contributed by atoms with Crippen molar-refractivity contribution in [2.45, 2.75) is 33.6 Å². The highest BCUT2D eigenvalue weighted by molar-refractivity contribution is 7.13. The molecule has 3 nitrogen and oxygen atoms in total. The number of anilines is 1. The first-order valence-corrected chi connectivity index (χ1v) is 9.93. The summed E-state index contributed by atoms with van der Waals surface area (Å²) in [5, 5.41) is 6.12. The van der Waals surface area contributed by atoms with Crippen LogP contribution in [0, 0.1) is 12.8 Å². The van der Waals surface area contributed by atoms with Gasteiger partial charge in [-0.15, -0.1) is 11.3 Å². The van der Waals surface area contributed by atoms with E-state index < -0.39 is 0 Å². The zero-order valence-corrected chi connectivity index (χ0v) is 16.3. The van der Waals surface area contributed by atoms with E-state index in [0.29, 0.717) is 0 Å². The summed E-state index contributed by atoms with van der Waals surface area (Å²) in [5.41, 5.74) is 5.26. The fraction of sp³-hybridized carbons (Fsp3) is 0.273. The van der Waals surface area contributed by atoms with Crippen LogP contribution in [0.1, 0.15) is 32.3 Å². The average Bonchev–Trinajstić information content (AvgIpc) is 3.13. The van der Waals surface area contributed by atoms with Crippen molar-refractivity contribution in [3.63, 3.8) is 0 Å². The van der Waals surface area contributed by atoms with Gasteiger partial charge < -0.3 is 5.32 Å². The van der Waals surface area contributed by atoms with Gasteiger partial charge in [0.05, 0.1) is 5.69 Å². The van der Waals surface area contributed by atoms with Crippen LogP contribution in [-0.2, 0) is 4.79 Å². The van der Waals surface area contributed by atoms with Crippen LogP contribution in [0.2, 0.25) is 0 Å². The number of aryl methyl sites for hydroxylation is 1. The normalized spacial score (nSPS) is 10.9. The van der Waals surface area contributed by atoms with Gasteiger partial charge >= 0.3 is 0 Å². The maximum Gasteiger partial charge on any atom is 0.227 e. The molecule has 0 aliphatic heterocycles. The Hall–Kier alpha value is -2.46. The number of hydrogen-bond donors (Lipinski definition) is 1. The van der Waals surface area contributed by atoms with Gasteiger partial charge in [0, 0.05) is 28.1 Å². The van der Waals surface area contributed by atoms with Gasteiger partial charge in [0.15, 0.2) is 0 Å². The number of hydrogen-bond acceptors (Lipinski definition) is 3. The lowest BCUT2D eigenvalue weighted by molar-refractivity contribution is -0.120. The van der Waals surface area contributed by atoms with Crippen molar-refractivity contribution in [2.75, 3.05) is 5.32 Å². The molecule has 1 aromatic heterocycles. The highest BCUT2D eigenvalue weighted by atomic mass is 32.1. The summed E-state index contributed by atoms with van der Waals surface area (Å²) in [7, 11) is 0. The first-order chi connectivity index (χ1) is 12.6. The number of carbonyl (C=O) groups is 1. The molecule has 0 aliphatic rings. The highest BCUT2D eigenvalue weighted by Gasteiger charge is 2.14. The first-order valence-electron chi connectivity index (χ1n) is 9.05. The Bertz CT molecular complexity index is 879. The van der Waals surface area contributed by atoms with E-state index >= 15 is 0 Å². The fourth-order valence-electron chi connectivity index (χ4n) is 2.97. The number of nitrogens with one attached hydrogen (secondary N) is 1. The van der Waals surface area contributed by atoms with Crippen LogP contribution in [0.5, 0.6) is 0 Å². The Morgan fingerprint density at radius 2 is 1.77 bits per heavy atom. The van der Waals surface area contributed by atoms with Gasteiger partial charge in [-0.2, -0.15) is 0 Å². The van der Waals surface area contributed by atoms with Crippen LogP contribution < -0.4 is 5.32 Å². The third kappa shape index (κ3) is 4.02. The third-order valence-corrected chi connectivity index (χ3v) is 5.56. The van der Waals surface area contributed by atoms with Gasteiger partial charge in [0.25, 0.3) is 0 Å². The number of benzene rings is 2. The second-order valence-electron chi connectivity index (χ2n) is 6.43. The smallest absolute Gasteiger partial charge is 0.227 e. The molecule has 0 radical (unpaired) electrons. The van der Waals surface area contributed by atoms with Crippen molar-refractivity contribution >= 4 is 22.9 Å². The predicted octanol–water partition coefficient (Wildman–Crippen LogP) is 6.16. The number of rotatable bonds is 6. The molecule has 0 atom stereocenters. The standard InChI is InChI=1S/C22H24N2OS/c1-4-16(5-2)21(25)23-18-12-10-17(11-13-18)20-14-26-22(24-20)19-9-7-6-8-15(19)3/h6-14,16H,4-5H2,1-3H3,(H,23,25). The summed E-state index contributed by atoms with van der Waals surface area (Å²) in [6, 6.07) is 16.2. The van der Waals surface area contributed by atoms with Crippen molar-refractivity contribution in [3.05, 3.63) is 59.5 Å². The number of nitrogens with zero attached hydrogens (tertiary/aromatic N) is 1. The third-order valence-electron chi connectivity index (χ3n) is 4.68. The van der Waals surface area contributed by atoms with E-state index in [1.807, 2.05) is 50.2 Å². The molecule has 4 heteroatoms. The summed E-state index contributed by atoms with van der Waals surface area (Å²) in [6.07, 6.45) is 1.72. The molecule has 26 heavy (non-hydrogen) atoms. The Morgan fingerprint density at radius 3 is 2.42 bits per heavy atom. The van der Waals surface area contributed by atoms with Crippen LogP contribution >= 0.6 is 11.3 Å². The lowest BCUT2D eigenvalue weighted by Gasteiger charge is -2.12. The lowest BCUT2D eigenvalue weighted by atomic mass is 10.0. The lowest BCUT2D eigenvalue weighted by Crippen LogP contribution is -2.21. The second kappa shape index (κ2) is 8.28. The summed E-state index contributed by atoms with van der Waals surface area (Å²) in [4.78, 5) is 17.0. The molecule has 0 saturated heterocycles. The molecule has 0 aliphatic carbocycles. The van der Waals surface area contributed by atoms with E-state index in [2.05, 4.69) is 29.8 Å². The zero-order chi connectivity index (χ0) is 18.5. The van der Waals surface area contributed by atoms with Gasteiger partial charge in [0.2, 0.25) is 5.91 Å². The van der Waals surface area contributed by atoms with E-state index in [4.69, 9.17) is 4.98 Å². The average molecular weight is 365 g/mol. The minimum Gasteiger partial charge on any atom is -0.326 e. The molecular weight excluding hydrogens is 340 g/mol. The number of aromatic nitrogens is 1. The predicted molar refractivity (Wildman–Crippen MR) is 110 cm³/mol. The summed E-state index contributed by atoms with van der Waals surface area (Å²) < 4.78 is 0. The van der Waals surface area contributed by atoms with E-state index in [1.165, 1.54) is 11.1 Å². The topological polar surface area (TPSA) is 42.0 Å². The van der Waals surface area contributed by atoms with Gasteiger partial charge in [-0.25, -0.2) is 4.98 Å². The van der Waals surface area contributed by atoms with Gasteiger partial charge in [0.1, 0.15) is 5.01 Å². The SMILES string of the molecule is CCC(CC)C(=O)Nc1ccc(-c2csc(-c3ccccc3C)n2)cc1. The molecule has 134 valence electrons. The zero-order valence-electron chi connectivity index (χ0n) is 15.5. The minimum atomic E-state index is 0.0740. The molecule has 0 bridgehead atoms. The Labute approximate surface area is 159 Å². The molecule has 1 amide bonds. The molecular formula is C22H24N2OS. The Balaban J connectivity index is 1.75. The number of carbonyl (C=O) groups excluding carboxylic acids is 1. The van der Waals surface area contributed by atoms with Crippen molar-refractivity contribution in [2.24, 2.45) is 5.92 Å². The van der Waals surface area contributed by atoms with E-state index in [1.54, 1.807) is 11.3 Å². The molecule has 1 N–H and O–H groups in total. The molecule has 2 aromatic carbocycles. The summed E-state index contributed by atoms with van der Waals surface area (Å²) in [5.74, 6) is 0.170. The van der Waals surface area contributed by atoms with Crippen LogP contribution in [0.4, 0.5) is 5.69 Å². The molecule has 0 unspecified atom stereocenters. The molecule has 3 aromatic rings. The maximum atomic E-state index is 12.2. The quantitative estimate of drug-likeness (QED) is 0.569. The maximum absolute atomic E-state index is 12.2. The van der Waals surface area contributed by atoms with E-state index in [0.717, 1.165) is 34.8 Å². The fourth-order valence-corrected chi connectivity index (χ4v) is 3.89. The second-order valence-corrected chi connectivity index (χ2v) is 7.29. The summed E-state index contributed by atoms with van der Waals surface area (Å²) in [6.45, 7) is 6.20. The van der Waals surface area contributed by atoms with Crippen molar-refractivity contribution in [1.29, 1.82) is 0 Å². The molecule has 0 fully saturated rings. The van der Waals surface area contributed by atoms with E-state index in [9.17, 15) is 4.79 Å². The number of amides is 1. The van der Waals surface area contributed by atoms with Gasteiger partial charge in [-0.1, -0.05) is 50.2 Å².